The Morgan fingerprint density at radius 3 is 2.58 bits per heavy atom. The van der Waals surface area contributed by atoms with E-state index in [1.165, 1.54) is 5.56 Å². The third-order valence-electron chi connectivity index (χ3n) is 2.94. The van der Waals surface area contributed by atoms with E-state index in [0.29, 0.717) is 19.1 Å². The number of nitrogens with zero attached hydrogens (tertiary/aromatic N) is 1. The Bertz CT molecular complexity index is 505. The Morgan fingerprint density at radius 1 is 1.26 bits per heavy atom. The highest BCUT2D eigenvalue weighted by atomic mass is 32.1. The van der Waals surface area contributed by atoms with E-state index in [4.69, 9.17) is 10.5 Å². The average Bonchev–Trinajstić information content (AvgIpc) is 2.87. The smallest absolute Gasteiger partial charge is 0.119 e. The molecule has 0 aliphatic carbocycles. The van der Waals surface area contributed by atoms with Crippen LogP contribution in [0.5, 0.6) is 5.75 Å². The number of rotatable bonds is 6. The lowest BCUT2D eigenvalue weighted by molar-refractivity contribution is 0.321. The molecule has 2 rings (SSSR count). The van der Waals surface area contributed by atoms with E-state index in [1.54, 1.807) is 11.3 Å². The first kappa shape index (κ1) is 14.0. The normalized spacial score (nSPS) is 10.9. The summed E-state index contributed by atoms with van der Waals surface area (Å²) in [7, 11) is 0. The van der Waals surface area contributed by atoms with E-state index < -0.39 is 0 Å². The molecule has 19 heavy (non-hydrogen) atoms. The molecular formula is C15H20N2OS. The summed E-state index contributed by atoms with van der Waals surface area (Å²) in [6, 6.07) is 8.30. The predicted octanol–water partition coefficient (Wildman–Crippen LogP) is 3.35. The van der Waals surface area contributed by atoms with Crippen LogP contribution < -0.4 is 10.5 Å². The minimum Gasteiger partial charge on any atom is -0.493 e. The molecule has 0 amide bonds. The molecule has 0 spiro atoms. The van der Waals surface area contributed by atoms with E-state index in [9.17, 15) is 0 Å². The lowest BCUT2D eigenvalue weighted by Crippen LogP contribution is -2.02. The van der Waals surface area contributed by atoms with Crippen LogP contribution in [0.25, 0.3) is 0 Å². The lowest BCUT2D eigenvalue weighted by atomic mass is 10.0. The molecule has 0 aliphatic heterocycles. The number of benzene rings is 1. The minimum atomic E-state index is 0.508. The molecule has 102 valence electrons. The topological polar surface area (TPSA) is 48.1 Å². The van der Waals surface area contributed by atoms with Crippen molar-refractivity contribution in [1.29, 1.82) is 0 Å². The van der Waals surface area contributed by atoms with Gasteiger partial charge in [0.15, 0.2) is 0 Å². The molecular weight excluding hydrogens is 256 g/mol. The summed E-state index contributed by atoms with van der Waals surface area (Å²) in [6.45, 7) is 5.54. The largest absolute Gasteiger partial charge is 0.493 e. The third kappa shape index (κ3) is 4.04. The first-order chi connectivity index (χ1) is 9.19. The molecule has 2 aromatic rings. The van der Waals surface area contributed by atoms with Gasteiger partial charge in [-0.1, -0.05) is 26.0 Å². The van der Waals surface area contributed by atoms with Crippen molar-refractivity contribution in [3.8, 4) is 5.75 Å². The average molecular weight is 276 g/mol. The first-order valence-electron chi connectivity index (χ1n) is 6.55. The fourth-order valence-electron chi connectivity index (χ4n) is 1.76. The van der Waals surface area contributed by atoms with Crippen LogP contribution in [0.15, 0.2) is 29.6 Å². The standard InChI is InChI=1S/C15H20N2OS/c1-11(2)12-3-5-14(6-4-12)18-8-7-15-17-13(9-16)10-19-15/h3-6,10-11H,7-9,16H2,1-2H3. The van der Waals surface area contributed by atoms with Gasteiger partial charge in [-0.05, 0) is 23.6 Å². The number of thiazole rings is 1. The molecule has 0 saturated carbocycles. The van der Waals surface area contributed by atoms with E-state index >= 15 is 0 Å². The summed E-state index contributed by atoms with van der Waals surface area (Å²) in [5, 5.41) is 3.09. The van der Waals surface area contributed by atoms with Gasteiger partial charge in [-0.2, -0.15) is 0 Å². The maximum absolute atomic E-state index is 5.72. The molecule has 0 fully saturated rings. The predicted molar refractivity (Wildman–Crippen MR) is 79.7 cm³/mol. The van der Waals surface area contributed by atoms with Crippen molar-refractivity contribution in [3.63, 3.8) is 0 Å². The van der Waals surface area contributed by atoms with Gasteiger partial charge in [-0.3, -0.25) is 0 Å². The van der Waals surface area contributed by atoms with Crippen LogP contribution in [0, 0.1) is 0 Å². The van der Waals surface area contributed by atoms with Crippen LogP contribution in [0.3, 0.4) is 0 Å². The van der Waals surface area contributed by atoms with Gasteiger partial charge < -0.3 is 10.5 Å². The molecule has 1 heterocycles. The van der Waals surface area contributed by atoms with Crippen LogP contribution >= 0.6 is 11.3 Å². The third-order valence-corrected chi connectivity index (χ3v) is 3.90. The quantitative estimate of drug-likeness (QED) is 0.880. The van der Waals surface area contributed by atoms with Gasteiger partial charge in [0.25, 0.3) is 0 Å². The van der Waals surface area contributed by atoms with Crippen molar-refractivity contribution < 1.29 is 4.74 Å². The second-order valence-electron chi connectivity index (χ2n) is 4.76. The van der Waals surface area contributed by atoms with Gasteiger partial charge in [-0.15, -0.1) is 11.3 Å². The van der Waals surface area contributed by atoms with Crippen molar-refractivity contribution in [2.75, 3.05) is 6.61 Å². The summed E-state index contributed by atoms with van der Waals surface area (Å²) in [4.78, 5) is 4.41. The zero-order valence-electron chi connectivity index (χ0n) is 11.4. The molecule has 0 bridgehead atoms. The summed E-state index contributed by atoms with van der Waals surface area (Å²) in [5.74, 6) is 1.47. The maximum Gasteiger partial charge on any atom is 0.119 e. The van der Waals surface area contributed by atoms with Crippen molar-refractivity contribution in [3.05, 3.63) is 45.9 Å². The Kier molecular flexibility index (Phi) is 4.93. The highest BCUT2D eigenvalue weighted by Gasteiger charge is 2.02. The Morgan fingerprint density at radius 2 is 2.00 bits per heavy atom. The zero-order valence-corrected chi connectivity index (χ0v) is 12.2. The number of aromatic nitrogens is 1. The molecule has 1 aromatic heterocycles. The lowest BCUT2D eigenvalue weighted by Gasteiger charge is -2.08. The molecule has 1 aromatic carbocycles. The van der Waals surface area contributed by atoms with Gasteiger partial charge in [0.05, 0.1) is 17.3 Å². The summed E-state index contributed by atoms with van der Waals surface area (Å²) in [5.41, 5.74) is 7.83. The summed E-state index contributed by atoms with van der Waals surface area (Å²) < 4.78 is 5.72. The molecule has 0 saturated heterocycles. The second kappa shape index (κ2) is 6.68. The second-order valence-corrected chi connectivity index (χ2v) is 5.70. The number of hydrogen-bond donors (Lipinski definition) is 1. The summed E-state index contributed by atoms with van der Waals surface area (Å²) >= 11 is 1.64. The fourth-order valence-corrected chi connectivity index (χ4v) is 2.55. The Hall–Kier alpha value is -1.39. The number of ether oxygens (including phenoxy) is 1. The van der Waals surface area contributed by atoms with Gasteiger partial charge in [-0.25, -0.2) is 4.98 Å². The fraction of sp³-hybridized carbons (Fsp3) is 0.400. The van der Waals surface area contributed by atoms with Gasteiger partial charge >= 0.3 is 0 Å². The highest BCUT2D eigenvalue weighted by molar-refractivity contribution is 7.09. The van der Waals surface area contributed by atoms with Crippen LogP contribution in [0.4, 0.5) is 0 Å². The summed E-state index contributed by atoms with van der Waals surface area (Å²) in [6.07, 6.45) is 0.830. The first-order valence-corrected chi connectivity index (χ1v) is 7.43. The van der Waals surface area contributed by atoms with Crippen molar-refractivity contribution in [2.24, 2.45) is 5.73 Å². The number of nitrogens with two attached hydrogens (primary N) is 1. The minimum absolute atomic E-state index is 0.508. The van der Waals surface area contributed by atoms with E-state index in [2.05, 4.69) is 31.0 Å². The molecule has 2 N–H and O–H groups in total. The Labute approximate surface area is 118 Å². The van der Waals surface area contributed by atoms with Crippen molar-refractivity contribution in [1.82, 2.24) is 4.98 Å². The van der Waals surface area contributed by atoms with E-state index in [-0.39, 0.29) is 0 Å². The van der Waals surface area contributed by atoms with Gasteiger partial charge in [0.1, 0.15) is 5.75 Å². The van der Waals surface area contributed by atoms with Crippen LogP contribution in [0.2, 0.25) is 0 Å². The monoisotopic (exact) mass is 276 g/mol. The van der Waals surface area contributed by atoms with E-state index in [0.717, 1.165) is 22.9 Å². The molecule has 3 nitrogen and oxygen atoms in total. The maximum atomic E-state index is 5.72. The highest BCUT2D eigenvalue weighted by Crippen LogP contribution is 2.19. The van der Waals surface area contributed by atoms with Gasteiger partial charge in [0.2, 0.25) is 0 Å². The van der Waals surface area contributed by atoms with E-state index in [1.807, 2.05) is 17.5 Å². The molecule has 0 atom stereocenters. The van der Waals surface area contributed by atoms with Crippen LogP contribution in [-0.2, 0) is 13.0 Å². The SMILES string of the molecule is CC(C)c1ccc(OCCc2nc(CN)cs2)cc1. The molecule has 0 unspecified atom stereocenters. The number of hydrogen-bond acceptors (Lipinski definition) is 4. The van der Waals surface area contributed by atoms with Crippen LogP contribution in [0.1, 0.15) is 36.0 Å². The molecule has 4 heteroatoms. The zero-order chi connectivity index (χ0) is 13.7. The van der Waals surface area contributed by atoms with Crippen molar-refractivity contribution >= 4 is 11.3 Å². The Balaban J connectivity index is 1.82. The molecule has 0 radical (unpaired) electrons. The molecule has 0 aliphatic rings. The van der Waals surface area contributed by atoms with Crippen LogP contribution in [-0.4, -0.2) is 11.6 Å². The van der Waals surface area contributed by atoms with Gasteiger partial charge in [0, 0.05) is 18.3 Å². The van der Waals surface area contributed by atoms with Crippen molar-refractivity contribution in [2.45, 2.75) is 32.7 Å².